The number of carbonyl (C=O) groups is 3. The van der Waals surface area contributed by atoms with E-state index in [0.717, 1.165) is 4.90 Å². The Morgan fingerprint density at radius 1 is 1.10 bits per heavy atom. The van der Waals surface area contributed by atoms with E-state index in [4.69, 9.17) is 17.2 Å². The Hall–Kier alpha value is -2.49. The Morgan fingerprint density at radius 2 is 1.76 bits per heavy atom. The number of nitrogens with zero attached hydrogens (tertiary/aromatic N) is 1. The number of Topliss-reactive ketones (excluding diaryl/α,β-unsaturated/α-hetero) is 1. The van der Waals surface area contributed by atoms with Gasteiger partial charge in [0.25, 0.3) is 0 Å². The zero-order chi connectivity index (χ0) is 21.6. The van der Waals surface area contributed by atoms with Gasteiger partial charge < -0.3 is 32.3 Å². The van der Waals surface area contributed by atoms with Crippen LogP contribution in [0.4, 0.5) is 0 Å². The van der Waals surface area contributed by atoms with E-state index in [1.807, 2.05) is 0 Å². The number of carbonyl (C=O) groups excluding carboxylic acids is 2. The highest BCUT2D eigenvalue weighted by Crippen LogP contribution is 2.33. The SMILES string of the molecule is NCCCCC(N)C(=O)N1CCCC1(C(=O)O)C(=O)C(N)Cc1ccc(O)cc1. The van der Waals surface area contributed by atoms with Gasteiger partial charge in [-0.15, -0.1) is 0 Å². The molecule has 0 saturated carbocycles. The van der Waals surface area contributed by atoms with Crippen LogP contribution in [0.2, 0.25) is 0 Å². The molecule has 1 aromatic carbocycles. The number of phenolic OH excluding ortho intramolecular Hbond substituents is 1. The van der Waals surface area contributed by atoms with Gasteiger partial charge in [0.2, 0.25) is 11.4 Å². The lowest BCUT2D eigenvalue weighted by atomic mass is 9.84. The predicted octanol–water partition coefficient (Wildman–Crippen LogP) is -0.267. The Balaban J connectivity index is 2.21. The van der Waals surface area contributed by atoms with Crippen molar-refractivity contribution in [1.29, 1.82) is 0 Å². The maximum atomic E-state index is 13.2. The van der Waals surface area contributed by atoms with Gasteiger partial charge in [-0.05, 0) is 56.3 Å². The van der Waals surface area contributed by atoms with Crippen molar-refractivity contribution < 1.29 is 24.6 Å². The van der Waals surface area contributed by atoms with Crippen molar-refractivity contribution in [2.24, 2.45) is 17.2 Å². The second-order valence-corrected chi connectivity index (χ2v) is 7.49. The number of rotatable bonds is 10. The van der Waals surface area contributed by atoms with E-state index in [0.29, 0.717) is 37.8 Å². The zero-order valence-electron chi connectivity index (χ0n) is 16.4. The molecule has 1 heterocycles. The number of nitrogens with two attached hydrogens (primary N) is 3. The second kappa shape index (κ2) is 9.82. The largest absolute Gasteiger partial charge is 0.508 e. The maximum absolute atomic E-state index is 13.2. The summed E-state index contributed by atoms with van der Waals surface area (Å²) in [5.41, 5.74) is 16.2. The third-order valence-electron chi connectivity index (χ3n) is 5.42. The van der Waals surface area contributed by atoms with Gasteiger partial charge in [0.05, 0.1) is 12.1 Å². The number of carboxylic acid groups (broad SMARTS) is 1. The topological polar surface area (TPSA) is 173 Å². The van der Waals surface area contributed by atoms with Crippen LogP contribution in [0.3, 0.4) is 0 Å². The van der Waals surface area contributed by atoms with Gasteiger partial charge >= 0.3 is 5.97 Å². The number of amides is 1. The number of hydrogen-bond acceptors (Lipinski definition) is 7. The molecule has 0 spiro atoms. The molecule has 0 aliphatic carbocycles. The standard InChI is InChI=1S/C20H30N4O5/c21-10-2-1-4-15(22)18(27)24-11-3-9-20(24,19(28)29)17(26)16(23)12-13-5-7-14(25)8-6-13/h5-8,15-16,25H,1-4,9-12,21-23H2,(H,28,29). The molecular weight excluding hydrogens is 376 g/mol. The minimum atomic E-state index is -2.00. The number of likely N-dealkylation sites (tertiary alicyclic amines) is 1. The van der Waals surface area contributed by atoms with Crippen LogP contribution in [0, 0.1) is 0 Å². The third kappa shape index (κ3) is 4.92. The van der Waals surface area contributed by atoms with Crippen LogP contribution in [0.1, 0.15) is 37.7 Å². The van der Waals surface area contributed by atoms with Crippen LogP contribution >= 0.6 is 0 Å². The van der Waals surface area contributed by atoms with E-state index < -0.39 is 35.3 Å². The number of hydrogen-bond donors (Lipinski definition) is 5. The average molecular weight is 406 g/mol. The minimum Gasteiger partial charge on any atom is -0.508 e. The van der Waals surface area contributed by atoms with Gasteiger partial charge in [-0.3, -0.25) is 9.59 Å². The first-order valence-electron chi connectivity index (χ1n) is 9.82. The van der Waals surface area contributed by atoms with Crippen molar-refractivity contribution in [2.75, 3.05) is 13.1 Å². The molecule has 2 rings (SSSR count). The van der Waals surface area contributed by atoms with Crippen LogP contribution in [0.15, 0.2) is 24.3 Å². The third-order valence-corrected chi connectivity index (χ3v) is 5.42. The highest BCUT2D eigenvalue weighted by Gasteiger charge is 2.57. The average Bonchev–Trinajstić information content (AvgIpc) is 3.14. The zero-order valence-corrected chi connectivity index (χ0v) is 16.4. The summed E-state index contributed by atoms with van der Waals surface area (Å²) in [7, 11) is 0. The van der Waals surface area contributed by atoms with Crippen LogP contribution in [0.25, 0.3) is 0 Å². The number of carboxylic acids is 1. The lowest BCUT2D eigenvalue weighted by Gasteiger charge is -2.36. The van der Waals surface area contributed by atoms with E-state index >= 15 is 0 Å². The van der Waals surface area contributed by atoms with Gasteiger partial charge in [0, 0.05) is 6.54 Å². The molecule has 9 nitrogen and oxygen atoms in total. The van der Waals surface area contributed by atoms with Crippen molar-refractivity contribution in [3.8, 4) is 5.75 Å². The summed E-state index contributed by atoms with van der Waals surface area (Å²) in [5, 5.41) is 19.3. The smallest absolute Gasteiger partial charge is 0.337 e. The Kier molecular flexibility index (Phi) is 7.72. The van der Waals surface area contributed by atoms with Crippen LogP contribution in [-0.4, -0.2) is 63.5 Å². The van der Waals surface area contributed by atoms with Crippen LogP contribution in [-0.2, 0) is 20.8 Å². The maximum Gasteiger partial charge on any atom is 0.337 e. The minimum absolute atomic E-state index is 0.00566. The molecule has 1 aliphatic rings. The van der Waals surface area contributed by atoms with Gasteiger partial charge in [-0.25, -0.2) is 4.79 Å². The van der Waals surface area contributed by atoms with Gasteiger partial charge in [0.1, 0.15) is 5.75 Å². The normalized spacial score (nSPS) is 21.0. The van der Waals surface area contributed by atoms with Crippen LogP contribution < -0.4 is 17.2 Å². The van der Waals surface area contributed by atoms with E-state index in [-0.39, 0.29) is 25.1 Å². The molecule has 1 amide bonds. The molecule has 29 heavy (non-hydrogen) atoms. The molecule has 9 heteroatoms. The van der Waals surface area contributed by atoms with Crippen molar-refractivity contribution in [3.63, 3.8) is 0 Å². The Morgan fingerprint density at radius 3 is 2.34 bits per heavy atom. The summed E-state index contributed by atoms with van der Waals surface area (Å²) in [6.45, 7) is 0.627. The first kappa shape index (κ1) is 22.8. The number of ketones is 1. The highest BCUT2D eigenvalue weighted by molar-refractivity contribution is 6.13. The Bertz CT molecular complexity index is 739. The quantitative estimate of drug-likeness (QED) is 0.261. The fraction of sp³-hybridized carbons (Fsp3) is 0.550. The van der Waals surface area contributed by atoms with Crippen molar-refractivity contribution in [2.45, 2.75) is 56.1 Å². The summed E-state index contributed by atoms with van der Waals surface area (Å²) in [6.07, 6.45) is 2.21. The van der Waals surface area contributed by atoms with E-state index in [1.54, 1.807) is 12.1 Å². The van der Waals surface area contributed by atoms with Crippen molar-refractivity contribution >= 4 is 17.7 Å². The Labute approximate surface area is 169 Å². The molecule has 1 fully saturated rings. The molecule has 1 saturated heterocycles. The van der Waals surface area contributed by atoms with E-state index in [1.165, 1.54) is 12.1 Å². The van der Waals surface area contributed by atoms with Crippen molar-refractivity contribution in [1.82, 2.24) is 4.90 Å². The molecule has 3 atom stereocenters. The summed E-state index contributed by atoms with van der Waals surface area (Å²) in [4.78, 5) is 39.3. The predicted molar refractivity (Wildman–Crippen MR) is 107 cm³/mol. The first-order chi connectivity index (χ1) is 13.7. The summed E-state index contributed by atoms with van der Waals surface area (Å²) >= 11 is 0. The highest BCUT2D eigenvalue weighted by atomic mass is 16.4. The molecule has 1 aliphatic heterocycles. The fourth-order valence-electron chi connectivity index (χ4n) is 3.82. The fourth-order valence-corrected chi connectivity index (χ4v) is 3.82. The first-order valence-corrected chi connectivity index (χ1v) is 9.82. The van der Waals surface area contributed by atoms with Gasteiger partial charge in [-0.2, -0.15) is 0 Å². The molecule has 160 valence electrons. The number of phenols is 1. The number of unbranched alkanes of at least 4 members (excludes halogenated alkanes) is 1. The lowest BCUT2D eigenvalue weighted by Crippen LogP contribution is -2.65. The number of aliphatic carboxylic acids is 1. The lowest BCUT2D eigenvalue weighted by molar-refractivity contribution is -0.162. The summed E-state index contributed by atoms with van der Waals surface area (Å²) in [6, 6.07) is 4.15. The molecule has 3 unspecified atom stereocenters. The van der Waals surface area contributed by atoms with Crippen LogP contribution in [0.5, 0.6) is 5.75 Å². The summed E-state index contributed by atoms with van der Waals surface area (Å²) in [5.74, 6) is -2.57. The van der Waals surface area contributed by atoms with Gasteiger partial charge in [-0.1, -0.05) is 18.6 Å². The molecule has 1 aromatic rings. The molecule has 0 bridgehead atoms. The van der Waals surface area contributed by atoms with E-state index in [2.05, 4.69) is 0 Å². The second-order valence-electron chi connectivity index (χ2n) is 7.49. The number of benzene rings is 1. The van der Waals surface area contributed by atoms with Crippen molar-refractivity contribution in [3.05, 3.63) is 29.8 Å². The summed E-state index contributed by atoms with van der Waals surface area (Å²) < 4.78 is 0. The van der Waals surface area contributed by atoms with Gasteiger partial charge in [0.15, 0.2) is 5.78 Å². The number of aromatic hydroxyl groups is 1. The molecule has 0 radical (unpaired) electrons. The molecule has 0 aromatic heterocycles. The molecule has 8 N–H and O–H groups in total. The monoisotopic (exact) mass is 406 g/mol. The van der Waals surface area contributed by atoms with E-state index in [9.17, 15) is 24.6 Å². The molecular formula is C20H30N4O5.